The van der Waals surface area contributed by atoms with Crippen molar-refractivity contribution in [3.05, 3.63) is 52.0 Å². The molecule has 3 aromatic rings. The Hall–Kier alpha value is -1.67. The van der Waals surface area contributed by atoms with Gasteiger partial charge in [-0.2, -0.15) is 0 Å². The van der Waals surface area contributed by atoms with Crippen LogP contribution in [0.2, 0.25) is 10.0 Å². The van der Waals surface area contributed by atoms with Gasteiger partial charge >= 0.3 is 0 Å². The molecule has 0 fully saturated rings. The number of anilines is 1. The smallest absolute Gasteiger partial charge is 0.257 e. The number of rotatable bonds is 3. The molecular formula is C15H10Cl2N2O3S2. The zero-order valence-electron chi connectivity index (χ0n) is 12.2. The van der Waals surface area contributed by atoms with Gasteiger partial charge in [-0.1, -0.05) is 34.5 Å². The van der Waals surface area contributed by atoms with Gasteiger partial charge in [0, 0.05) is 16.8 Å². The van der Waals surface area contributed by atoms with Crippen LogP contribution in [0.1, 0.15) is 10.4 Å². The van der Waals surface area contributed by atoms with Crippen LogP contribution >= 0.6 is 34.5 Å². The van der Waals surface area contributed by atoms with E-state index in [2.05, 4.69) is 10.3 Å². The van der Waals surface area contributed by atoms with E-state index < -0.39 is 15.7 Å². The number of hydrogen-bond acceptors (Lipinski definition) is 5. The van der Waals surface area contributed by atoms with Crippen molar-refractivity contribution in [1.82, 2.24) is 4.98 Å². The lowest BCUT2D eigenvalue weighted by Gasteiger charge is -2.06. The third kappa shape index (κ3) is 3.54. The summed E-state index contributed by atoms with van der Waals surface area (Å²) in [6, 6.07) is 9.31. The second kappa shape index (κ2) is 6.33. The molecule has 0 radical (unpaired) electrons. The molecule has 0 bridgehead atoms. The fourth-order valence-electron chi connectivity index (χ4n) is 2.05. The molecule has 0 aliphatic carbocycles. The molecule has 24 heavy (non-hydrogen) atoms. The largest absolute Gasteiger partial charge is 0.298 e. The van der Waals surface area contributed by atoms with Gasteiger partial charge in [0.1, 0.15) is 0 Å². The lowest BCUT2D eigenvalue weighted by atomic mass is 10.2. The van der Waals surface area contributed by atoms with Crippen LogP contribution in [0.5, 0.6) is 0 Å². The highest BCUT2D eigenvalue weighted by Gasteiger charge is 2.17. The van der Waals surface area contributed by atoms with E-state index in [0.29, 0.717) is 15.7 Å². The Kier molecular flexibility index (Phi) is 4.52. The van der Waals surface area contributed by atoms with Crippen molar-refractivity contribution in [2.75, 3.05) is 11.6 Å². The van der Waals surface area contributed by atoms with Crippen molar-refractivity contribution >= 4 is 65.6 Å². The van der Waals surface area contributed by atoms with Crippen molar-refractivity contribution in [2.24, 2.45) is 0 Å². The first-order chi connectivity index (χ1) is 11.2. The van der Waals surface area contributed by atoms with Crippen LogP contribution in [0.15, 0.2) is 41.3 Å². The first-order valence-corrected chi connectivity index (χ1v) is 10.1. The molecule has 0 spiro atoms. The van der Waals surface area contributed by atoms with Crippen molar-refractivity contribution in [1.29, 1.82) is 0 Å². The first kappa shape index (κ1) is 17.2. The summed E-state index contributed by atoms with van der Waals surface area (Å²) in [5, 5.41) is 3.70. The van der Waals surface area contributed by atoms with Gasteiger partial charge in [-0.15, -0.1) is 0 Å². The maximum Gasteiger partial charge on any atom is 0.257 e. The lowest BCUT2D eigenvalue weighted by Crippen LogP contribution is -2.12. The summed E-state index contributed by atoms with van der Waals surface area (Å²) in [4.78, 5) is 16.5. The van der Waals surface area contributed by atoms with E-state index in [4.69, 9.17) is 23.2 Å². The van der Waals surface area contributed by atoms with E-state index >= 15 is 0 Å². The Morgan fingerprint density at radius 2 is 1.92 bits per heavy atom. The highest BCUT2D eigenvalue weighted by atomic mass is 35.5. The number of amides is 1. The number of thiazole rings is 1. The van der Waals surface area contributed by atoms with Crippen molar-refractivity contribution in [3.8, 4) is 0 Å². The van der Waals surface area contributed by atoms with Gasteiger partial charge in [0.15, 0.2) is 15.0 Å². The number of sulfone groups is 1. The van der Waals surface area contributed by atoms with Crippen molar-refractivity contribution in [2.45, 2.75) is 4.90 Å². The van der Waals surface area contributed by atoms with E-state index in [1.165, 1.54) is 29.5 Å². The number of benzene rings is 2. The minimum Gasteiger partial charge on any atom is -0.298 e. The zero-order valence-corrected chi connectivity index (χ0v) is 15.4. The second-order valence-corrected chi connectivity index (χ2v) is 8.86. The number of carbonyl (C=O) groups excluding carboxylic acids is 1. The topological polar surface area (TPSA) is 76.1 Å². The standard InChI is InChI=1S/C15H10Cl2N2O3S2/c1-24(21,22)13-6-8(2-4-10(13)17)14(20)19-15-18-11-5-3-9(16)7-12(11)23-15/h2-7H,1H3,(H,18,19,20). The summed E-state index contributed by atoms with van der Waals surface area (Å²) in [5.74, 6) is -0.471. The van der Waals surface area contributed by atoms with Crippen LogP contribution in [0.4, 0.5) is 5.13 Å². The van der Waals surface area contributed by atoms with E-state index in [1.54, 1.807) is 18.2 Å². The highest BCUT2D eigenvalue weighted by molar-refractivity contribution is 7.90. The zero-order chi connectivity index (χ0) is 17.5. The molecule has 0 unspecified atom stereocenters. The molecule has 2 aromatic carbocycles. The van der Waals surface area contributed by atoms with Crippen LogP contribution in [0, 0.1) is 0 Å². The third-order valence-electron chi connectivity index (χ3n) is 3.16. The second-order valence-electron chi connectivity index (χ2n) is 5.00. The number of nitrogens with one attached hydrogen (secondary N) is 1. The number of fused-ring (bicyclic) bond motifs is 1. The number of hydrogen-bond donors (Lipinski definition) is 1. The molecule has 1 heterocycles. The highest BCUT2D eigenvalue weighted by Crippen LogP contribution is 2.29. The fraction of sp³-hybridized carbons (Fsp3) is 0.0667. The minimum atomic E-state index is -3.53. The maximum atomic E-state index is 12.3. The summed E-state index contributed by atoms with van der Waals surface area (Å²) < 4.78 is 24.2. The molecule has 1 N–H and O–H groups in total. The fourth-order valence-corrected chi connectivity index (χ4v) is 4.49. The monoisotopic (exact) mass is 400 g/mol. The molecule has 124 valence electrons. The predicted octanol–water partition coefficient (Wildman–Crippen LogP) is 4.26. The van der Waals surface area contributed by atoms with E-state index in [1.807, 2.05) is 0 Å². The van der Waals surface area contributed by atoms with Crippen molar-refractivity contribution < 1.29 is 13.2 Å². The molecule has 0 aliphatic rings. The molecule has 0 saturated heterocycles. The Balaban J connectivity index is 1.91. The molecule has 0 atom stereocenters. The molecule has 1 aromatic heterocycles. The number of nitrogens with zero attached hydrogens (tertiary/aromatic N) is 1. The van der Waals surface area contributed by atoms with E-state index in [9.17, 15) is 13.2 Å². The molecule has 9 heteroatoms. The van der Waals surface area contributed by atoms with Crippen LogP contribution < -0.4 is 5.32 Å². The van der Waals surface area contributed by atoms with Crippen LogP contribution in [0.3, 0.4) is 0 Å². The molecule has 5 nitrogen and oxygen atoms in total. The molecule has 3 rings (SSSR count). The molecule has 1 amide bonds. The average Bonchev–Trinajstić information content (AvgIpc) is 2.87. The Labute approximate surface area is 152 Å². The van der Waals surface area contributed by atoms with E-state index in [-0.39, 0.29) is 15.5 Å². The van der Waals surface area contributed by atoms with Crippen molar-refractivity contribution in [3.63, 3.8) is 0 Å². The van der Waals surface area contributed by atoms with Gasteiger partial charge in [-0.05, 0) is 36.4 Å². The van der Waals surface area contributed by atoms with Gasteiger partial charge in [0.05, 0.1) is 20.1 Å². The number of halogens is 2. The van der Waals surface area contributed by atoms with Crippen LogP contribution in [0.25, 0.3) is 10.2 Å². The number of aromatic nitrogens is 1. The summed E-state index contributed by atoms with van der Waals surface area (Å²) in [6.07, 6.45) is 1.03. The Morgan fingerprint density at radius 1 is 1.17 bits per heavy atom. The predicted molar refractivity (Wildman–Crippen MR) is 97.1 cm³/mol. The van der Waals surface area contributed by atoms with Gasteiger partial charge in [0.2, 0.25) is 0 Å². The molecule has 0 saturated carbocycles. The Morgan fingerprint density at radius 3 is 2.62 bits per heavy atom. The van der Waals surface area contributed by atoms with E-state index in [0.717, 1.165) is 11.0 Å². The van der Waals surface area contributed by atoms with Crippen LogP contribution in [-0.2, 0) is 9.84 Å². The Bertz CT molecular complexity index is 1060. The molecular weight excluding hydrogens is 391 g/mol. The number of carbonyl (C=O) groups is 1. The maximum absolute atomic E-state index is 12.3. The third-order valence-corrected chi connectivity index (χ3v) is 5.91. The lowest BCUT2D eigenvalue weighted by molar-refractivity contribution is 0.102. The molecule has 0 aliphatic heterocycles. The summed E-state index contributed by atoms with van der Waals surface area (Å²) in [6.45, 7) is 0. The SMILES string of the molecule is CS(=O)(=O)c1cc(C(=O)Nc2nc3ccc(Cl)cc3s2)ccc1Cl. The summed E-state index contributed by atoms with van der Waals surface area (Å²) in [5.41, 5.74) is 0.893. The van der Waals surface area contributed by atoms with Crippen LogP contribution in [-0.4, -0.2) is 25.6 Å². The van der Waals surface area contributed by atoms with Gasteiger partial charge in [-0.25, -0.2) is 13.4 Å². The summed E-state index contributed by atoms with van der Waals surface area (Å²) >= 11 is 13.1. The minimum absolute atomic E-state index is 0.0729. The average molecular weight is 401 g/mol. The first-order valence-electron chi connectivity index (χ1n) is 6.61. The normalized spacial score (nSPS) is 11.6. The quantitative estimate of drug-likeness (QED) is 0.712. The van der Waals surface area contributed by atoms with Gasteiger partial charge in [0.25, 0.3) is 5.91 Å². The van der Waals surface area contributed by atoms with Gasteiger partial charge < -0.3 is 0 Å². The summed E-state index contributed by atoms with van der Waals surface area (Å²) in [7, 11) is -3.53. The van der Waals surface area contributed by atoms with Gasteiger partial charge in [-0.3, -0.25) is 10.1 Å².